The molecule has 0 bridgehead atoms. The van der Waals surface area contributed by atoms with E-state index in [1.807, 2.05) is 0 Å². The van der Waals surface area contributed by atoms with Crippen molar-refractivity contribution < 1.29 is 4.79 Å². The largest absolute Gasteiger partial charge is 0.326 e. The third-order valence-electron chi connectivity index (χ3n) is 1.47. The van der Waals surface area contributed by atoms with Crippen LogP contribution in [0.3, 0.4) is 0 Å². The summed E-state index contributed by atoms with van der Waals surface area (Å²) in [4.78, 5) is 28.4. The molecule has 0 aliphatic carbocycles. The molecule has 12 heavy (non-hydrogen) atoms. The molecular weight excluding hydrogens is 156 g/mol. The lowest BCUT2D eigenvalue weighted by Crippen LogP contribution is -2.22. The third-order valence-corrected chi connectivity index (χ3v) is 1.47. The number of Topliss-reactive ketones (excluding diaryl/α,β-unsaturated/α-hetero) is 1. The van der Waals surface area contributed by atoms with Gasteiger partial charge in [0.25, 0.3) is 5.56 Å². The van der Waals surface area contributed by atoms with Crippen LogP contribution in [0.1, 0.15) is 24.3 Å². The van der Waals surface area contributed by atoms with Gasteiger partial charge in [0.15, 0.2) is 11.5 Å². The number of rotatable bonds is 2. The molecular formula is C8H10N2O2. The summed E-state index contributed by atoms with van der Waals surface area (Å²) in [5, 5.41) is 0. The first-order valence-electron chi connectivity index (χ1n) is 3.71. The molecule has 1 aromatic rings. The van der Waals surface area contributed by atoms with Gasteiger partial charge in [-0.3, -0.25) is 9.59 Å². The normalized spacial score (nSPS) is 10.2. The summed E-state index contributed by atoms with van der Waals surface area (Å²) in [5.74, 6) is -0.419. The second-order valence-electron chi connectivity index (χ2n) is 2.79. The van der Waals surface area contributed by atoms with Crippen molar-refractivity contribution in [3.05, 3.63) is 28.4 Å². The van der Waals surface area contributed by atoms with Gasteiger partial charge in [-0.15, -0.1) is 0 Å². The molecule has 4 heteroatoms. The van der Waals surface area contributed by atoms with Crippen molar-refractivity contribution in [2.75, 3.05) is 0 Å². The number of aromatic nitrogens is 2. The van der Waals surface area contributed by atoms with Gasteiger partial charge in [-0.2, -0.15) is 0 Å². The number of H-pyrrole nitrogens is 1. The van der Waals surface area contributed by atoms with Gasteiger partial charge in [0.1, 0.15) is 0 Å². The predicted octanol–water partition coefficient (Wildman–Crippen LogP) is 0.609. The Balaban J connectivity index is 3.12. The highest BCUT2D eigenvalue weighted by molar-refractivity contribution is 5.95. The first-order valence-corrected chi connectivity index (χ1v) is 3.71. The van der Waals surface area contributed by atoms with E-state index in [4.69, 9.17) is 0 Å². The minimum atomic E-state index is -0.420. The number of hydrogen-bond acceptors (Lipinski definition) is 3. The van der Waals surface area contributed by atoms with Crippen LogP contribution >= 0.6 is 0 Å². The molecule has 0 spiro atoms. The molecule has 0 amide bonds. The van der Waals surface area contributed by atoms with Crippen LogP contribution in [0.5, 0.6) is 0 Å². The summed E-state index contributed by atoms with van der Waals surface area (Å²) < 4.78 is 0. The van der Waals surface area contributed by atoms with Crippen molar-refractivity contribution in [1.82, 2.24) is 9.97 Å². The van der Waals surface area contributed by atoms with Gasteiger partial charge < -0.3 is 4.98 Å². The molecule has 0 aliphatic rings. The molecule has 0 saturated heterocycles. The molecule has 0 aliphatic heterocycles. The molecule has 0 radical (unpaired) electrons. The smallest absolute Gasteiger partial charge is 0.277 e. The number of aromatic amines is 1. The van der Waals surface area contributed by atoms with Crippen molar-refractivity contribution >= 4 is 5.78 Å². The van der Waals surface area contributed by atoms with Crippen LogP contribution in [0.25, 0.3) is 0 Å². The Morgan fingerprint density at radius 1 is 1.58 bits per heavy atom. The quantitative estimate of drug-likeness (QED) is 0.654. The zero-order valence-corrected chi connectivity index (χ0v) is 7.00. The Morgan fingerprint density at radius 3 is 2.75 bits per heavy atom. The SMILES string of the molecule is CC(C)C(=O)c1ncc[nH]c1=O. The molecule has 0 fully saturated rings. The third kappa shape index (κ3) is 1.58. The average Bonchev–Trinajstić information content (AvgIpc) is 2.04. The van der Waals surface area contributed by atoms with E-state index in [9.17, 15) is 9.59 Å². The molecule has 4 nitrogen and oxygen atoms in total. The monoisotopic (exact) mass is 166 g/mol. The maximum Gasteiger partial charge on any atom is 0.277 e. The summed E-state index contributed by atoms with van der Waals surface area (Å²) in [7, 11) is 0. The van der Waals surface area contributed by atoms with E-state index in [1.54, 1.807) is 13.8 Å². The molecule has 0 aromatic carbocycles. The topological polar surface area (TPSA) is 62.8 Å². The summed E-state index contributed by atoms with van der Waals surface area (Å²) in [5.41, 5.74) is -0.427. The maximum absolute atomic E-state index is 11.3. The Labute approximate surface area is 69.7 Å². The van der Waals surface area contributed by atoms with Gasteiger partial charge >= 0.3 is 0 Å². The fourth-order valence-corrected chi connectivity index (χ4v) is 0.801. The van der Waals surface area contributed by atoms with Crippen molar-refractivity contribution in [2.24, 2.45) is 5.92 Å². The van der Waals surface area contributed by atoms with Gasteiger partial charge in [0.2, 0.25) is 0 Å². The molecule has 1 aromatic heterocycles. The van der Waals surface area contributed by atoms with Gasteiger partial charge in [-0.25, -0.2) is 4.98 Å². The molecule has 0 saturated carbocycles. The van der Waals surface area contributed by atoms with E-state index >= 15 is 0 Å². The number of nitrogens with zero attached hydrogens (tertiary/aromatic N) is 1. The minimum Gasteiger partial charge on any atom is -0.326 e. The lowest BCUT2D eigenvalue weighted by Gasteiger charge is -2.00. The molecule has 1 heterocycles. The van der Waals surface area contributed by atoms with Gasteiger partial charge in [0.05, 0.1) is 0 Å². The standard InChI is InChI=1S/C8H10N2O2/c1-5(2)7(11)6-8(12)10-4-3-9-6/h3-5H,1-2H3,(H,10,12). The van der Waals surface area contributed by atoms with E-state index in [0.29, 0.717) is 0 Å². The highest BCUT2D eigenvalue weighted by atomic mass is 16.1. The predicted molar refractivity (Wildman–Crippen MR) is 44.0 cm³/mol. The summed E-state index contributed by atoms with van der Waals surface area (Å²) in [6.07, 6.45) is 2.80. The molecule has 0 atom stereocenters. The Kier molecular flexibility index (Phi) is 2.38. The van der Waals surface area contributed by atoms with E-state index < -0.39 is 5.56 Å². The zero-order chi connectivity index (χ0) is 9.14. The number of carbonyl (C=O) groups excluding carboxylic acids is 1. The fourth-order valence-electron chi connectivity index (χ4n) is 0.801. The minimum absolute atomic E-state index is 0.00694. The number of nitrogens with one attached hydrogen (secondary N) is 1. The van der Waals surface area contributed by atoms with Crippen molar-refractivity contribution in [1.29, 1.82) is 0 Å². The maximum atomic E-state index is 11.3. The first-order chi connectivity index (χ1) is 5.63. The number of hydrogen-bond donors (Lipinski definition) is 1. The summed E-state index contributed by atoms with van der Waals surface area (Å²) in [6.45, 7) is 3.47. The van der Waals surface area contributed by atoms with Crippen molar-refractivity contribution in [2.45, 2.75) is 13.8 Å². The number of carbonyl (C=O) groups is 1. The van der Waals surface area contributed by atoms with Crippen molar-refractivity contribution in [3.63, 3.8) is 0 Å². The summed E-state index contributed by atoms with van der Waals surface area (Å²) >= 11 is 0. The second kappa shape index (κ2) is 3.30. The van der Waals surface area contributed by atoms with Gasteiger partial charge in [-0.05, 0) is 0 Å². The van der Waals surface area contributed by atoms with Gasteiger partial charge in [-0.1, -0.05) is 13.8 Å². The van der Waals surface area contributed by atoms with Crippen LogP contribution in [-0.2, 0) is 0 Å². The zero-order valence-electron chi connectivity index (χ0n) is 7.00. The van der Waals surface area contributed by atoms with Crippen molar-refractivity contribution in [3.8, 4) is 0 Å². The van der Waals surface area contributed by atoms with E-state index in [-0.39, 0.29) is 17.4 Å². The molecule has 1 N–H and O–H groups in total. The molecule has 0 unspecified atom stereocenters. The lowest BCUT2D eigenvalue weighted by molar-refractivity contribution is 0.0932. The highest BCUT2D eigenvalue weighted by Crippen LogP contribution is 1.99. The summed E-state index contributed by atoms with van der Waals surface area (Å²) in [6, 6.07) is 0. The van der Waals surface area contributed by atoms with Gasteiger partial charge in [0, 0.05) is 18.3 Å². The van der Waals surface area contributed by atoms with Crippen LogP contribution in [-0.4, -0.2) is 15.8 Å². The Hall–Kier alpha value is -1.45. The van der Waals surface area contributed by atoms with Crippen LogP contribution < -0.4 is 5.56 Å². The Morgan fingerprint density at radius 2 is 2.25 bits per heavy atom. The van der Waals surface area contributed by atoms with Crippen LogP contribution in [0.4, 0.5) is 0 Å². The Bertz CT molecular complexity index is 341. The molecule has 64 valence electrons. The first kappa shape index (κ1) is 8.64. The second-order valence-corrected chi connectivity index (χ2v) is 2.79. The lowest BCUT2D eigenvalue weighted by atomic mass is 10.1. The molecule has 1 rings (SSSR count). The van der Waals surface area contributed by atoms with Crippen LogP contribution in [0, 0.1) is 5.92 Å². The van der Waals surface area contributed by atoms with Crippen LogP contribution in [0.15, 0.2) is 17.2 Å². The highest BCUT2D eigenvalue weighted by Gasteiger charge is 2.14. The van der Waals surface area contributed by atoms with E-state index in [2.05, 4.69) is 9.97 Å². The fraction of sp³-hybridized carbons (Fsp3) is 0.375. The van der Waals surface area contributed by atoms with E-state index in [0.717, 1.165) is 0 Å². The number of ketones is 1. The average molecular weight is 166 g/mol. The van der Waals surface area contributed by atoms with E-state index in [1.165, 1.54) is 12.4 Å². The van der Waals surface area contributed by atoms with Crippen LogP contribution in [0.2, 0.25) is 0 Å².